The Hall–Kier alpha value is -3.14. The molecule has 1 aromatic heterocycles. The van der Waals surface area contributed by atoms with Crippen molar-refractivity contribution >= 4 is 17.3 Å². The summed E-state index contributed by atoms with van der Waals surface area (Å²) >= 11 is 0. The summed E-state index contributed by atoms with van der Waals surface area (Å²) in [7, 11) is 0. The summed E-state index contributed by atoms with van der Waals surface area (Å²) in [4.78, 5) is 16.6. The molecule has 3 aromatic rings. The molecule has 138 valence electrons. The number of hydrogen-bond acceptors (Lipinski definition) is 3. The lowest BCUT2D eigenvalue weighted by molar-refractivity contribution is 0.0954. The van der Waals surface area contributed by atoms with E-state index in [0.717, 1.165) is 17.8 Å². The molecule has 27 heavy (non-hydrogen) atoms. The number of amides is 1. The van der Waals surface area contributed by atoms with Gasteiger partial charge in [0.05, 0.1) is 17.4 Å². The summed E-state index contributed by atoms with van der Waals surface area (Å²) in [6, 6.07) is 20.2. The van der Waals surface area contributed by atoms with Gasteiger partial charge >= 0.3 is 0 Å². The van der Waals surface area contributed by atoms with Crippen LogP contribution in [0.2, 0.25) is 0 Å². The van der Waals surface area contributed by atoms with E-state index in [1.807, 2.05) is 36.4 Å². The Morgan fingerprint density at radius 2 is 1.70 bits per heavy atom. The number of rotatable bonds is 7. The largest absolute Gasteiger partial charge is 0.354 e. The number of carbonyl (C=O) groups is 1. The van der Waals surface area contributed by atoms with Gasteiger partial charge in [0.15, 0.2) is 0 Å². The molecule has 0 unspecified atom stereocenters. The van der Waals surface area contributed by atoms with Gasteiger partial charge in [0.25, 0.3) is 5.91 Å². The molecule has 2 N–H and O–H groups in total. The second kappa shape index (κ2) is 8.99. The van der Waals surface area contributed by atoms with Crippen molar-refractivity contribution in [3.8, 4) is 0 Å². The van der Waals surface area contributed by atoms with Crippen molar-refractivity contribution in [2.75, 3.05) is 11.9 Å². The molecule has 1 heterocycles. The van der Waals surface area contributed by atoms with Crippen LogP contribution in [0.15, 0.2) is 73.1 Å². The van der Waals surface area contributed by atoms with Crippen LogP contribution in [0.1, 0.15) is 41.3 Å². The molecule has 0 fully saturated rings. The van der Waals surface area contributed by atoms with E-state index in [2.05, 4.69) is 53.7 Å². The third-order valence-electron chi connectivity index (χ3n) is 4.41. The highest BCUT2D eigenvalue weighted by atomic mass is 16.1. The first kappa shape index (κ1) is 18.6. The van der Waals surface area contributed by atoms with Crippen LogP contribution in [0.5, 0.6) is 0 Å². The lowest BCUT2D eigenvalue weighted by Gasteiger charge is -2.10. The summed E-state index contributed by atoms with van der Waals surface area (Å²) in [5.74, 6) is 0.390. The zero-order chi connectivity index (χ0) is 19.1. The van der Waals surface area contributed by atoms with Crippen molar-refractivity contribution in [1.29, 1.82) is 0 Å². The van der Waals surface area contributed by atoms with Crippen molar-refractivity contribution < 1.29 is 4.79 Å². The molecule has 0 aliphatic heterocycles. The predicted octanol–water partition coefficient (Wildman–Crippen LogP) is 4.92. The molecule has 0 saturated heterocycles. The monoisotopic (exact) mass is 359 g/mol. The van der Waals surface area contributed by atoms with E-state index in [1.54, 1.807) is 12.4 Å². The Balaban J connectivity index is 1.58. The highest BCUT2D eigenvalue weighted by Gasteiger charge is 2.07. The molecular formula is C23H25N3O. The number of pyridine rings is 1. The zero-order valence-electron chi connectivity index (χ0n) is 15.8. The van der Waals surface area contributed by atoms with Crippen molar-refractivity contribution in [2.45, 2.75) is 26.2 Å². The van der Waals surface area contributed by atoms with Gasteiger partial charge in [-0.05, 0) is 41.7 Å². The van der Waals surface area contributed by atoms with Gasteiger partial charge in [-0.1, -0.05) is 56.3 Å². The maximum absolute atomic E-state index is 12.4. The molecule has 0 atom stereocenters. The van der Waals surface area contributed by atoms with Crippen molar-refractivity contribution in [1.82, 2.24) is 10.3 Å². The van der Waals surface area contributed by atoms with E-state index in [-0.39, 0.29) is 5.91 Å². The third kappa shape index (κ3) is 5.42. The van der Waals surface area contributed by atoms with Gasteiger partial charge in [-0.15, -0.1) is 0 Å². The second-order valence-electron chi connectivity index (χ2n) is 6.86. The van der Waals surface area contributed by atoms with E-state index in [0.29, 0.717) is 18.0 Å². The minimum atomic E-state index is -0.114. The Morgan fingerprint density at radius 3 is 2.41 bits per heavy atom. The van der Waals surface area contributed by atoms with Crippen molar-refractivity contribution in [3.05, 3.63) is 89.7 Å². The highest BCUT2D eigenvalue weighted by molar-refractivity contribution is 5.94. The maximum atomic E-state index is 12.4. The van der Waals surface area contributed by atoms with Crippen LogP contribution < -0.4 is 10.6 Å². The lowest BCUT2D eigenvalue weighted by atomic mass is 10.0. The Morgan fingerprint density at radius 1 is 0.963 bits per heavy atom. The fraction of sp³-hybridized carbons (Fsp3) is 0.217. The number of nitrogens with one attached hydrogen (secondary N) is 2. The van der Waals surface area contributed by atoms with Crippen LogP contribution in [0.4, 0.5) is 11.4 Å². The first-order chi connectivity index (χ1) is 13.1. The van der Waals surface area contributed by atoms with Crippen LogP contribution in [0.3, 0.4) is 0 Å². The second-order valence-corrected chi connectivity index (χ2v) is 6.86. The number of aromatic nitrogens is 1. The Labute approximate surface area is 160 Å². The minimum Gasteiger partial charge on any atom is -0.354 e. The van der Waals surface area contributed by atoms with Crippen LogP contribution >= 0.6 is 0 Å². The molecule has 0 aliphatic rings. The molecule has 2 aromatic carbocycles. The molecule has 4 heteroatoms. The van der Waals surface area contributed by atoms with Gasteiger partial charge < -0.3 is 10.6 Å². The van der Waals surface area contributed by atoms with E-state index in [1.165, 1.54) is 11.1 Å². The number of hydrogen-bond donors (Lipinski definition) is 2. The normalized spacial score (nSPS) is 10.6. The minimum absolute atomic E-state index is 0.114. The van der Waals surface area contributed by atoms with E-state index in [4.69, 9.17) is 0 Å². The van der Waals surface area contributed by atoms with Gasteiger partial charge in [0, 0.05) is 18.4 Å². The summed E-state index contributed by atoms with van der Waals surface area (Å²) in [5, 5.41) is 6.26. The molecule has 1 amide bonds. The molecule has 0 spiro atoms. The summed E-state index contributed by atoms with van der Waals surface area (Å²) < 4.78 is 0. The quantitative estimate of drug-likeness (QED) is 0.629. The smallest absolute Gasteiger partial charge is 0.252 e. The van der Waals surface area contributed by atoms with Gasteiger partial charge in [-0.2, -0.15) is 0 Å². The fourth-order valence-corrected chi connectivity index (χ4v) is 2.82. The predicted molar refractivity (Wildman–Crippen MR) is 111 cm³/mol. The molecule has 4 nitrogen and oxygen atoms in total. The Kier molecular flexibility index (Phi) is 6.21. The number of carbonyl (C=O) groups excluding carboxylic acids is 1. The molecule has 0 bridgehead atoms. The average molecular weight is 359 g/mol. The van der Waals surface area contributed by atoms with Crippen LogP contribution in [-0.4, -0.2) is 17.4 Å². The third-order valence-corrected chi connectivity index (χ3v) is 4.41. The molecule has 0 saturated carbocycles. The topological polar surface area (TPSA) is 54.0 Å². The van der Waals surface area contributed by atoms with Crippen molar-refractivity contribution in [2.24, 2.45) is 0 Å². The highest BCUT2D eigenvalue weighted by Crippen LogP contribution is 2.20. The zero-order valence-corrected chi connectivity index (χ0v) is 15.8. The molecular weight excluding hydrogens is 334 g/mol. The molecule has 3 rings (SSSR count). The average Bonchev–Trinajstić information content (AvgIpc) is 2.69. The number of benzene rings is 2. The van der Waals surface area contributed by atoms with Gasteiger partial charge in [0.2, 0.25) is 0 Å². The number of nitrogens with zero attached hydrogens (tertiary/aromatic N) is 1. The number of anilines is 2. The van der Waals surface area contributed by atoms with Gasteiger partial charge in [-0.25, -0.2) is 0 Å². The summed E-state index contributed by atoms with van der Waals surface area (Å²) in [6.45, 7) is 4.94. The van der Waals surface area contributed by atoms with Gasteiger partial charge in [0.1, 0.15) is 0 Å². The fourth-order valence-electron chi connectivity index (χ4n) is 2.82. The van der Waals surface area contributed by atoms with Gasteiger partial charge in [-0.3, -0.25) is 9.78 Å². The van der Waals surface area contributed by atoms with Crippen LogP contribution in [0.25, 0.3) is 0 Å². The van der Waals surface area contributed by atoms with Crippen LogP contribution in [0, 0.1) is 0 Å². The lowest BCUT2D eigenvalue weighted by Crippen LogP contribution is -2.25. The summed E-state index contributed by atoms with van der Waals surface area (Å²) in [6.07, 6.45) is 4.11. The maximum Gasteiger partial charge on any atom is 0.252 e. The molecule has 0 aliphatic carbocycles. The van der Waals surface area contributed by atoms with E-state index >= 15 is 0 Å². The first-order valence-electron chi connectivity index (χ1n) is 9.26. The van der Waals surface area contributed by atoms with E-state index in [9.17, 15) is 4.79 Å². The molecule has 0 radical (unpaired) electrons. The standard InChI is InChI=1S/C23H25N3O/c1-17(2)19-8-10-21(11-9-19)26-22-14-20(15-24-16-22)23(27)25-13-12-18-6-4-3-5-7-18/h3-11,14-17,26H,12-13H2,1-2H3,(H,25,27). The van der Waals surface area contributed by atoms with Crippen molar-refractivity contribution in [3.63, 3.8) is 0 Å². The summed E-state index contributed by atoms with van der Waals surface area (Å²) in [5.41, 5.74) is 4.82. The SMILES string of the molecule is CC(C)c1ccc(Nc2cncc(C(=O)NCCc3ccccc3)c2)cc1. The van der Waals surface area contributed by atoms with E-state index < -0.39 is 0 Å². The van der Waals surface area contributed by atoms with Crippen LogP contribution in [-0.2, 0) is 6.42 Å². The Bertz CT molecular complexity index is 874. The first-order valence-corrected chi connectivity index (χ1v) is 9.26.